The van der Waals surface area contributed by atoms with Crippen molar-refractivity contribution in [1.82, 2.24) is 4.90 Å². The van der Waals surface area contributed by atoms with Crippen molar-refractivity contribution in [1.29, 1.82) is 0 Å². The lowest BCUT2D eigenvalue weighted by Gasteiger charge is -2.34. The van der Waals surface area contributed by atoms with Gasteiger partial charge in [0.05, 0.1) is 12.8 Å². The number of anilines is 1. The van der Waals surface area contributed by atoms with E-state index < -0.39 is 5.60 Å². The molecule has 0 spiro atoms. The van der Waals surface area contributed by atoms with Crippen LogP contribution in [0.25, 0.3) is 0 Å². The van der Waals surface area contributed by atoms with E-state index in [1.807, 2.05) is 45.0 Å². The molecule has 1 saturated heterocycles. The molecule has 0 aliphatic carbocycles. The fraction of sp³-hybridized carbons (Fsp3) is 0.600. The molecule has 1 unspecified atom stereocenters. The molecule has 0 saturated carbocycles. The van der Waals surface area contributed by atoms with Crippen molar-refractivity contribution in [2.24, 2.45) is 16.6 Å². The topological polar surface area (TPSA) is 89.2 Å². The Kier molecular flexibility index (Phi) is 9.84. The minimum Gasteiger partial charge on any atom is -0.495 e. The van der Waals surface area contributed by atoms with Crippen LogP contribution in [0.2, 0.25) is 0 Å². The van der Waals surface area contributed by atoms with Gasteiger partial charge >= 0.3 is 6.09 Å². The van der Waals surface area contributed by atoms with Crippen LogP contribution in [-0.2, 0) is 4.74 Å². The number of nitrogens with zero attached hydrogens (tertiary/aromatic N) is 2. The molecule has 8 heteroatoms. The summed E-state index contributed by atoms with van der Waals surface area (Å²) >= 11 is 0. The Balaban J connectivity index is 0.00000392. The lowest BCUT2D eigenvalue weighted by atomic mass is 9.95. The molecule has 28 heavy (non-hydrogen) atoms. The van der Waals surface area contributed by atoms with Crippen LogP contribution in [0.5, 0.6) is 5.75 Å². The van der Waals surface area contributed by atoms with Crippen molar-refractivity contribution in [2.75, 3.05) is 32.1 Å². The first-order valence-corrected chi connectivity index (χ1v) is 9.46. The maximum absolute atomic E-state index is 12.2. The summed E-state index contributed by atoms with van der Waals surface area (Å²) in [7, 11) is 1.62. The number of amides is 1. The highest BCUT2D eigenvalue weighted by molar-refractivity contribution is 14.0. The number of carbonyl (C=O) groups excluding carboxylic acids is 1. The summed E-state index contributed by atoms with van der Waals surface area (Å²) in [6.07, 6.45) is 2.73. The third kappa shape index (κ3) is 8.12. The second kappa shape index (κ2) is 11.3. The zero-order valence-corrected chi connectivity index (χ0v) is 19.6. The number of nitrogens with one attached hydrogen (secondary N) is 1. The summed E-state index contributed by atoms with van der Waals surface area (Å²) in [4.78, 5) is 18.5. The average molecular weight is 504 g/mol. The van der Waals surface area contributed by atoms with Gasteiger partial charge in [0.15, 0.2) is 5.96 Å². The predicted octanol–water partition coefficient (Wildman–Crippen LogP) is 4.08. The van der Waals surface area contributed by atoms with E-state index in [0.29, 0.717) is 25.0 Å². The number of benzene rings is 1. The fourth-order valence-corrected chi connectivity index (χ4v) is 3.09. The van der Waals surface area contributed by atoms with Crippen molar-refractivity contribution in [3.8, 4) is 5.75 Å². The number of nitrogens with two attached hydrogens (primary N) is 1. The Hall–Kier alpha value is -1.71. The van der Waals surface area contributed by atoms with Crippen LogP contribution < -0.4 is 15.8 Å². The van der Waals surface area contributed by atoms with Gasteiger partial charge in [0, 0.05) is 19.6 Å². The minimum absolute atomic E-state index is 0. The number of methoxy groups -OCH3 is 1. The van der Waals surface area contributed by atoms with Gasteiger partial charge in [-0.15, -0.1) is 24.0 Å². The fourth-order valence-electron chi connectivity index (χ4n) is 3.09. The van der Waals surface area contributed by atoms with Gasteiger partial charge in [-0.3, -0.25) is 4.99 Å². The van der Waals surface area contributed by atoms with E-state index in [-0.39, 0.29) is 30.1 Å². The van der Waals surface area contributed by atoms with E-state index in [0.717, 1.165) is 37.2 Å². The maximum atomic E-state index is 12.2. The largest absolute Gasteiger partial charge is 0.495 e. The molecule has 1 aliphatic heterocycles. The van der Waals surface area contributed by atoms with Gasteiger partial charge in [-0.2, -0.15) is 0 Å². The number of rotatable bonds is 5. The molecule has 1 aromatic rings. The van der Waals surface area contributed by atoms with E-state index >= 15 is 0 Å². The maximum Gasteiger partial charge on any atom is 0.410 e. The number of halogens is 1. The Morgan fingerprint density at radius 1 is 1.36 bits per heavy atom. The van der Waals surface area contributed by atoms with Crippen molar-refractivity contribution < 1.29 is 14.3 Å². The molecule has 3 N–H and O–H groups in total. The van der Waals surface area contributed by atoms with Crippen LogP contribution in [0.15, 0.2) is 29.3 Å². The Bertz CT molecular complexity index is 661. The lowest BCUT2D eigenvalue weighted by Crippen LogP contribution is -2.43. The molecule has 1 aromatic carbocycles. The second-order valence-corrected chi connectivity index (χ2v) is 7.82. The number of ether oxygens (including phenoxy) is 2. The second-order valence-electron chi connectivity index (χ2n) is 7.82. The first kappa shape index (κ1) is 24.3. The molecule has 1 heterocycles. The quantitative estimate of drug-likeness (QED) is 0.359. The summed E-state index contributed by atoms with van der Waals surface area (Å²) < 4.78 is 10.8. The van der Waals surface area contributed by atoms with Gasteiger partial charge in [0.2, 0.25) is 0 Å². The van der Waals surface area contributed by atoms with Gasteiger partial charge < -0.3 is 25.4 Å². The molecular formula is C20H33IN4O3. The van der Waals surface area contributed by atoms with Crippen LogP contribution in [0.4, 0.5) is 10.5 Å². The molecule has 0 aromatic heterocycles. The summed E-state index contributed by atoms with van der Waals surface area (Å²) in [6.45, 7) is 7.74. The molecule has 1 amide bonds. The Morgan fingerprint density at radius 2 is 2.07 bits per heavy atom. The number of carbonyl (C=O) groups is 1. The summed E-state index contributed by atoms with van der Waals surface area (Å²) in [5.74, 6) is 1.49. The molecule has 0 bridgehead atoms. The minimum atomic E-state index is -0.465. The van der Waals surface area contributed by atoms with Crippen molar-refractivity contribution >= 4 is 41.7 Å². The van der Waals surface area contributed by atoms with Gasteiger partial charge in [0.25, 0.3) is 0 Å². The van der Waals surface area contributed by atoms with Crippen molar-refractivity contribution in [3.05, 3.63) is 24.3 Å². The average Bonchev–Trinajstić information content (AvgIpc) is 2.61. The molecule has 0 radical (unpaired) electrons. The zero-order chi connectivity index (χ0) is 19.9. The van der Waals surface area contributed by atoms with Crippen molar-refractivity contribution in [3.63, 3.8) is 0 Å². The first-order valence-electron chi connectivity index (χ1n) is 9.46. The van der Waals surface area contributed by atoms with E-state index in [9.17, 15) is 4.79 Å². The van der Waals surface area contributed by atoms with E-state index in [1.165, 1.54) is 0 Å². The number of piperidine rings is 1. The highest BCUT2D eigenvalue weighted by atomic mass is 127. The standard InChI is InChI=1S/C20H32N4O3.HI/c1-20(2,3)27-19(25)24-13-7-8-15(14-24)11-12-22-18(21)23-16-9-5-6-10-17(16)26-4;/h5-6,9-10,15H,7-8,11-14H2,1-4H3,(H3,21,22,23);1H. The van der Waals surface area contributed by atoms with E-state index in [2.05, 4.69) is 10.3 Å². The number of likely N-dealkylation sites (tertiary alicyclic amines) is 1. The molecule has 2 rings (SSSR count). The van der Waals surface area contributed by atoms with Crippen LogP contribution in [0.3, 0.4) is 0 Å². The number of hydrogen-bond acceptors (Lipinski definition) is 4. The smallest absolute Gasteiger partial charge is 0.410 e. The third-order valence-electron chi connectivity index (χ3n) is 4.36. The normalized spacial score (nSPS) is 17.5. The van der Waals surface area contributed by atoms with Gasteiger partial charge in [-0.25, -0.2) is 4.79 Å². The van der Waals surface area contributed by atoms with Crippen LogP contribution >= 0.6 is 24.0 Å². The highest BCUT2D eigenvalue weighted by Gasteiger charge is 2.27. The number of hydrogen-bond donors (Lipinski definition) is 2. The predicted molar refractivity (Wildman–Crippen MR) is 124 cm³/mol. The lowest BCUT2D eigenvalue weighted by molar-refractivity contribution is 0.0163. The van der Waals surface area contributed by atoms with Crippen LogP contribution in [0.1, 0.15) is 40.0 Å². The molecule has 7 nitrogen and oxygen atoms in total. The van der Waals surface area contributed by atoms with Crippen molar-refractivity contribution in [2.45, 2.75) is 45.6 Å². The van der Waals surface area contributed by atoms with E-state index in [4.69, 9.17) is 15.2 Å². The number of guanidine groups is 1. The molecule has 1 atom stereocenters. The third-order valence-corrected chi connectivity index (χ3v) is 4.36. The molecule has 1 aliphatic rings. The summed E-state index contributed by atoms with van der Waals surface area (Å²) in [5, 5.41) is 3.07. The number of para-hydroxylation sites is 2. The Labute approximate surface area is 185 Å². The van der Waals surface area contributed by atoms with E-state index in [1.54, 1.807) is 12.0 Å². The SMILES string of the molecule is COc1ccccc1NC(N)=NCCC1CCCN(C(=O)OC(C)(C)C)C1.I. The van der Waals surface area contributed by atoms with Crippen LogP contribution in [-0.4, -0.2) is 49.3 Å². The molecular weight excluding hydrogens is 471 g/mol. The van der Waals surface area contributed by atoms with Gasteiger partial charge in [-0.05, 0) is 58.1 Å². The molecule has 1 fully saturated rings. The van der Waals surface area contributed by atoms with Crippen LogP contribution in [0, 0.1) is 5.92 Å². The number of aliphatic imine (C=N–C) groups is 1. The van der Waals surface area contributed by atoms with Gasteiger partial charge in [-0.1, -0.05) is 12.1 Å². The summed E-state index contributed by atoms with van der Waals surface area (Å²) in [5.41, 5.74) is 6.31. The van der Waals surface area contributed by atoms with Gasteiger partial charge in [0.1, 0.15) is 11.4 Å². The summed E-state index contributed by atoms with van der Waals surface area (Å²) in [6, 6.07) is 7.56. The monoisotopic (exact) mass is 504 g/mol. The first-order chi connectivity index (χ1) is 12.8. The Morgan fingerprint density at radius 3 is 2.75 bits per heavy atom. The molecule has 158 valence electrons. The zero-order valence-electron chi connectivity index (χ0n) is 17.2. The highest BCUT2D eigenvalue weighted by Crippen LogP contribution is 2.23.